The second-order valence-electron chi connectivity index (χ2n) is 5.24. The minimum absolute atomic E-state index is 0.0213. The molecule has 1 aliphatic carbocycles. The van der Waals surface area contributed by atoms with Gasteiger partial charge in [0.25, 0.3) is 5.91 Å². The van der Waals surface area contributed by atoms with Gasteiger partial charge < -0.3 is 14.8 Å². The molecule has 21 heavy (non-hydrogen) atoms. The second-order valence-corrected chi connectivity index (χ2v) is 5.24. The maximum absolute atomic E-state index is 12.1. The molecule has 0 fully saturated rings. The van der Waals surface area contributed by atoms with E-state index in [4.69, 9.17) is 9.52 Å². The van der Waals surface area contributed by atoms with E-state index in [2.05, 4.69) is 11.4 Å². The summed E-state index contributed by atoms with van der Waals surface area (Å²) in [5, 5.41) is 11.7. The average molecular weight is 285 g/mol. The van der Waals surface area contributed by atoms with Crippen LogP contribution in [0.5, 0.6) is 0 Å². The Balaban J connectivity index is 1.76. The Bertz CT molecular complexity index is 717. The van der Waals surface area contributed by atoms with Crippen LogP contribution in [0.25, 0.3) is 0 Å². The molecule has 3 rings (SSSR count). The smallest absolute Gasteiger partial charge is 0.371 e. The van der Waals surface area contributed by atoms with Crippen LogP contribution in [0.15, 0.2) is 34.7 Å². The zero-order chi connectivity index (χ0) is 15.0. The standard InChI is InChI=1S/C16H15NO4/c1-9-2-4-11-10(8-9)3-5-12(11)17-15(18)13-6-7-14(21-13)16(19)20/h2,4,6-8,12H,3,5H2,1H3,(H,17,18)(H,19,20). The lowest BCUT2D eigenvalue weighted by molar-refractivity contribution is 0.0659. The Kier molecular flexibility index (Phi) is 3.25. The van der Waals surface area contributed by atoms with Gasteiger partial charge in [0.15, 0.2) is 5.76 Å². The zero-order valence-electron chi connectivity index (χ0n) is 11.6. The van der Waals surface area contributed by atoms with E-state index in [0.717, 1.165) is 18.4 Å². The van der Waals surface area contributed by atoms with Crippen molar-refractivity contribution in [3.05, 3.63) is 58.5 Å². The van der Waals surface area contributed by atoms with Crippen molar-refractivity contribution in [2.75, 3.05) is 0 Å². The van der Waals surface area contributed by atoms with Gasteiger partial charge in [0.1, 0.15) is 0 Å². The first-order valence-corrected chi connectivity index (χ1v) is 6.78. The van der Waals surface area contributed by atoms with Gasteiger partial charge in [-0.2, -0.15) is 0 Å². The molecular weight excluding hydrogens is 270 g/mol. The topological polar surface area (TPSA) is 79.5 Å². The number of benzene rings is 1. The molecule has 5 nitrogen and oxygen atoms in total. The molecule has 2 aromatic rings. The summed E-state index contributed by atoms with van der Waals surface area (Å²) < 4.78 is 5.01. The summed E-state index contributed by atoms with van der Waals surface area (Å²) in [4.78, 5) is 22.9. The molecule has 1 aromatic carbocycles. The zero-order valence-corrected chi connectivity index (χ0v) is 11.6. The highest BCUT2D eigenvalue weighted by Gasteiger charge is 2.25. The maximum Gasteiger partial charge on any atom is 0.371 e. The van der Waals surface area contributed by atoms with E-state index in [1.54, 1.807) is 0 Å². The minimum atomic E-state index is -1.18. The van der Waals surface area contributed by atoms with Crippen molar-refractivity contribution in [2.24, 2.45) is 0 Å². The first-order chi connectivity index (χ1) is 10.0. The number of aromatic carboxylic acids is 1. The first-order valence-electron chi connectivity index (χ1n) is 6.78. The van der Waals surface area contributed by atoms with Crippen molar-refractivity contribution in [3.8, 4) is 0 Å². The number of fused-ring (bicyclic) bond motifs is 1. The number of hydrogen-bond donors (Lipinski definition) is 2. The molecule has 1 aliphatic rings. The Labute approximate surface area is 121 Å². The molecule has 0 aliphatic heterocycles. The van der Waals surface area contributed by atoms with Crippen LogP contribution >= 0.6 is 0 Å². The van der Waals surface area contributed by atoms with Gasteiger partial charge in [-0.25, -0.2) is 4.79 Å². The van der Waals surface area contributed by atoms with Crippen LogP contribution in [-0.2, 0) is 6.42 Å². The third-order valence-corrected chi connectivity index (χ3v) is 3.72. The Hall–Kier alpha value is -2.56. The van der Waals surface area contributed by atoms with E-state index < -0.39 is 5.97 Å². The van der Waals surface area contributed by atoms with Crippen molar-refractivity contribution < 1.29 is 19.1 Å². The largest absolute Gasteiger partial charge is 0.475 e. The third-order valence-electron chi connectivity index (χ3n) is 3.72. The number of rotatable bonds is 3. The number of carbonyl (C=O) groups is 2. The number of carbonyl (C=O) groups excluding carboxylic acids is 1. The van der Waals surface area contributed by atoms with Gasteiger partial charge in [-0.3, -0.25) is 4.79 Å². The third kappa shape index (κ3) is 2.54. The van der Waals surface area contributed by atoms with Crippen LogP contribution in [0.4, 0.5) is 0 Å². The van der Waals surface area contributed by atoms with Gasteiger partial charge in [0.05, 0.1) is 6.04 Å². The average Bonchev–Trinajstić information content (AvgIpc) is 3.06. The van der Waals surface area contributed by atoms with Crippen molar-refractivity contribution in [3.63, 3.8) is 0 Å². The highest BCUT2D eigenvalue weighted by Crippen LogP contribution is 2.31. The predicted molar refractivity (Wildman–Crippen MR) is 75.4 cm³/mol. The van der Waals surface area contributed by atoms with Gasteiger partial charge in [-0.05, 0) is 43.0 Å². The van der Waals surface area contributed by atoms with Crippen LogP contribution in [0.2, 0.25) is 0 Å². The van der Waals surface area contributed by atoms with Crippen molar-refractivity contribution in [1.29, 1.82) is 0 Å². The molecule has 1 amide bonds. The minimum Gasteiger partial charge on any atom is -0.475 e. The summed E-state index contributed by atoms with van der Waals surface area (Å²) in [5.74, 6) is -1.78. The molecule has 108 valence electrons. The van der Waals surface area contributed by atoms with E-state index in [9.17, 15) is 9.59 Å². The Morgan fingerprint density at radius 3 is 2.71 bits per heavy atom. The molecule has 1 unspecified atom stereocenters. The van der Waals surface area contributed by atoms with Crippen molar-refractivity contribution >= 4 is 11.9 Å². The molecule has 2 N–H and O–H groups in total. The van der Waals surface area contributed by atoms with Crippen LogP contribution in [0, 0.1) is 6.92 Å². The highest BCUT2D eigenvalue weighted by atomic mass is 16.4. The lowest BCUT2D eigenvalue weighted by Gasteiger charge is -2.13. The number of amides is 1. The van der Waals surface area contributed by atoms with Crippen LogP contribution in [0.1, 0.15) is 50.3 Å². The van der Waals surface area contributed by atoms with E-state index in [0.29, 0.717) is 0 Å². The Morgan fingerprint density at radius 2 is 2.00 bits per heavy atom. The summed E-state index contributed by atoms with van der Waals surface area (Å²) in [6.45, 7) is 2.04. The number of aryl methyl sites for hydroxylation is 2. The van der Waals surface area contributed by atoms with E-state index >= 15 is 0 Å². The molecule has 1 atom stereocenters. The summed E-state index contributed by atoms with van der Waals surface area (Å²) in [5.41, 5.74) is 3.59. The van der Waals surface area contributed by atoms with Crippen LogP contribution in [0.3, 0.4) is 0 Å². The fourth-order valence-corrected chi connectivity index (χ4v) is 2.70. The van der Waals surface area contributed by atoms with E-state index in [-0.39, 0.29) is 23.5 Å². The molecule has 0 saturated carbocycles. The molecule has 5 heteroatoms. The van der Waals surface area contributed by atoms with Gasteiger partial charge >= 0.3 is 5.97 Å². The summed E-state index contributed by atoms with van der Waals surface area (Å²) in [6, 6.07) is 8.81. The van der Waals surface area contributed by atoms with Crippen LogP contribution in [-0.4, -0.2) is 17.0 Å². The van der Waals surface area contributed by atoms with Gasteiger partial charge in [-0.1, -0.05) is 23.8 Å². The molecule has 0 saturated heterocycles. The number of furan rings is 1. The van der Waals surface area contributed by atoms with Crippen LogP contribution < -0.4 is 5.32 Å². The van der Waals surface area contributed by atoms with Gasteiger partial charge in [-0.15, -0.1) is 0 Å². The fourth-order valence-electron chi connectivity index (χ4n) is 2.70. The highest BCUT2D eigenvalue weighted by molar-refractivity contribution is 5.93. The number of carboxylic acid groups (broad SMARTS) is 1. The molecular formula is C16H15NO4. The summed E-state index contributed by atoms with van der Waals surface area (Å²) in [6.07, 6.45) is 1.78. The Morgan fingerprint density at radius 1 is 1.24 bits per heavy atom. The van der Waals surface area contributed by atoms with E-state index in [1.807, 2.05) is 19.1 Å². The molecule has 0 bridgehead atoms. The number of nitrogens with one attached hydrogen (secondary N) is 1. The molecule has 1 aromatic heterocycles. The lowest BCUT2D eigenvalue weighted by Crippen LogP contribution is -2.26. The predicted octanol–water partition coefficient (Wildman–Crippen LogP) is 2.70. The van der Waals surface area contributed by atoms with E-state index in [1.165, 1.54) is 23.3 Å². The molecule has 1 heterocycles. The maximum atomic E-state index is 12.1. The first kappa shape index (κ1) is 13.4. The number of carboxylic acids is 1. The monoisotopic (exact) mass is 285 g/mol. The fraction of sp³-hybridized carbons (Fsp3) is 0.250. The quantitative estimate of drug-likeness (QED) is 0.908. The van der Waals surface area contributed by atoms with Gasteiger partial charge in [0.2, 0.25) is 5.76 Å². The van der Waals surface area contributed by atoms with Gasteiger partial charge in [0, 0.05) is 0 Å². The number of hydrogen-bond acceptors (Lipinski definition) is 3. The summed E-state index contributed by atoms with van der Waals surface area (Å²) in [7, 11) is 0. The SMILES string of the molecule is Cc1ccc2c(c1)CCC2NC(=O)c1ccc(C(=O)O)o1. The van der Waals surface area contributed by atoms with Crippen molar-refractivity contribution in [1.82, 2.24) is 5.32 Å². The normalized spacial score (nSPS) is 16.5. The van der Waals surface area contributed by atoms with Crippen molar-refractivity contribution in [2.45, 2.75) is 25.8 Å². The lowest BCUT2D eigenvalue weighted by atomic mass is 10.1. The molecule has 0 spiro atoms. The molecule has 0 radical (unpaired) electrons. The second kappa shape index (κ2) is 5.09. The summed E-state index contributed by atoms with van der Waals surface area (Å²) >= 11 is 0.